The Morgan fingerprint density at radius 1 is 1.16 bits per heavy atom. The topological polar surface area (TPSA) is 155 Å². The van der Waals surface area contributed by atoms with Gasteiger partial charge in [-0.3, -0.25) is 4.79 Å². The van der Waals surface area contributed by atoms with Crippen LogP contribution in [0.3, 0.4) is 0 Å². The number of hydrogen-bond acceptors (Lipinski definition) is 7. The second kappa shape index (κ2) is 10.7. The fourth-order valence-corrected chi connectivity index (χ4v) is 5.78. The largest absolute Gasteiger partial charge is 0.463 e. The summed E-state index contributed by atoms with van der Waals surface area (Å²) in [5.74, 6) is 2.84. The Balaban J connectivity index is 1.62. The zero-order valence-electron chi connectivity index (χ0n) is 22.6. The summed E-state index contributed by atoms with van der Waals surface area (Å²) in [7, 11) is 1.82. The summed E-state index contributed by atoms with van der Waals surface area (Å²) >= 11 is 0. The average molecular weight is 526 g/mol. The Morgan fingerprint density at radius 3 is 2.53 bits per heavy atom. The fraction of sp³-hybridized carbons (Fsp3) is 0.692. The van der Waals surface area contributed by atoms with E-state index in [1.165, 1.54) is 19.3 Å². The van der Waals surface area contributed by atoms with Crippen LogP contribution in [0.1, 0.15) is 64.6 Å². The number of nitrogens with zero attached hydrogens (tertiary/aromatic N) is 7. The Labute approximate surface area is 222 Å². The standard InChI is InChI=1S/C26H39N9O3/c1-15-7-9-17(10-8-15)13-35-20-22(28-16(2)18-5-4-6-18)30-24(21(27)29-26(37)38)31-23(20)32-25(35)34-12-11-33(3)19(36)14-34/h15-18H,4-14H2,1-3H3,(H2,27,29)(H,37,38)(H,28,30,31)/t15?,16-,17?/m1/s1. The summed E-state index contributed by atoms with van der Waals surface area (Å²) in [6.07, 6.45) is 6.81. The van der Waals surface area contributed by atoms with E-state index < -0.39 is 6.09 Å². The number of fused-ring (bicyclic) bond motifs is 1. The van der Waals surface area contributed by atoms with Crippen LogP contribution in [0.5, 0.6) is 0 Å². The molecule has 0 radical (unpaired) electrons. The number of aromatic nitrogens is 4. The van der Waals surface area contributed by atoms with E-state index in [-0.39, 0.29) is 30.2 Å². The van der Waals surface area contributed by atoms with Gasteiger partial charge in [-0.1, -0.05) is 26.2 Å². The second-order valence-corrected chi connectivity index (χ2v) is 11.4. The number of imidazole rings is 1. The molecule has 3 heterocycles. The van der Waals surface area contributed by atoms with Gasteiger partial charge >= 0.3 is 6.09 Å². The number of aliphatic imine (C=N–C) groups is 1. The van der Waals surface area contributed by atoms with Crippen molar-refractivity contribution in [1.29, 1.82) is 0 Å². The van der Waals surface area contributed by atoms with Crippen LogP contribution in [-0.4, -0.2) is 80.1 Å². The highest BCUT2D eigenvalue weighted by atomic mass is 16.4. The molecule has 5 rings (SSSR count). The van der Waals surface area contributed by atoms with Crippen molar-refractivity contribution in [1.82, 2.24) is 24.4 Å². The van der Waals surface area contributed by atoms with Gasteiger partial charge in [-0.25, -0.2) is 14.8 Å². The van der Waals surface area contributed by atoms with Crippen molar-refractivity contribution < 1.29 is 14.7 Å². The summed E-state index contributed by atoms with van der Waals surface area (Å²) in [6, 6.07) is 0.167. The van der Waals surface area contributed by atoms with Crippen molar-refractivity contribution in [3.8, 4) is 0 Å². The molecule has 0 spiro atoms. The number of nitrogens with one attached hydrogen (secondary N) is 1. The van der Waals surface area contributed by atoms with E-state index in [4.69, 9.17) is 20.8 Å². The molecule has 1 saturated heterocycles. The first kappa shape index (κ1) is 26.2. The van der Waals surface area contributed by atoms with E-state index in [9.17, 15) is 9.59 Å². The van der Waals surface area contributed by atoms with Gasteiger partial charge in [-0.05, 0) is 50.4 Å². The molecule has 4 N–H and O–H groups in total. The lowest BCUT2D eigenvalue weighted by Gasteiger charge is -2.34. The van der Waals surface area contributed by atoms with Crippen LogP contribution in [0.4, 0.5) is 16.6 Å². The number of hydrogen-bond donors (Lipinski definition) is 3. The van der Waals surface area contributed by atoms with Crippen LogP contribution < -0.4 is 16.0 Å². The number of carbonyl (C=O) groups excluding carboxylic acids is 1. The second-order valence-electron chi connectivity index (χ2n) is 11.4. The molecule has 3 aliphatic rings. The molecular formula is C26H39N9O3. The lowest BCUT2D eigenvalue weighted by Crippen LogP contribution is -2.49. The zero-order chi connectivity index (χ0) is 27.0. The predicted octanol–water partition coefficient (Wildman–Crippen LogP) is 2.91. The van der Waals surface area contributed by atoms with Gasteiger partial charge < -0.3 is 30.5 Å². The first-order valence-corrected chi connectivity index (χ1v) is 13.8. The van der Waals surface area contributed by atoms with Crippen LogP contribution in [0.15, 0.2) is 4.99 Å². The first-order chi connectivity index (χ1) is 18.2. The maximum absolute atomic E-state index is 12.6. The monoisotopic (exact) mass is 525 g/mol. The van der Waals surface area contributed by atoms with Crippen molar-refractivity contribution >= 4 is 40.8 Å². The molecule has 0 aromatic carbocycles. The van der Waals surface area contributed by atoms with E-state index in [0.29, 0.717) is 42.3 Å². The van der Waals surface area contributed by atoms with Crippen LogP contribution in [-0.2, 0) is 11.3 Å². The van der Waals surface area contributed by atoms with Gasteiger partial charge in [0, 0.05) is 32.7 Å². The molecule has 38 heavy (non-hydrogen) atoms. The van der Waals surface area contributed by atoms with Crippen LogP contribution in [0, 0.1) is 17.8 Å². The summed E-state index contributed by atoms with van der Waals surface area (Å²) in [5, 5.41) is 12.7. The van der Waals surface area contributed by atoms with Crippen LogP contribution >= 0.6 is 0 Å². The lowest BCUT2D eigenvalue weighted by atomic mass is 9.80. The molecule has 0 bridgehead atoms. The first-order valence-electron chi connectivity index (χ1n) is 13.8. The maximum atomic E-state index is 12.6. The highest BCUT2D eigenvalue weighted by Crippen LogP contribution is 2.36. The number of amides is 2. The van der Waals surface area contributed by atoms with Gasteiger partial charge in [0.05, 0.1) is 6.54 Å². The maximum Gasteiger partial charge on any atom is 0.433 e. The molecular weight excluding hydrogens is 486 g/mol. The molecule has 2 aromatic rings. The number of amidine groups is 1. The van der Waals surface area contributed by atoms with E-state index in [1.54, 1.807) is 4.90 Å². The molecule has 1 atom stereocenters. The minimum absolute atomic E-state index is 0.0281. The molecule has 0 unspecified atom stereocenters. The molecule has 2 saturated carbocycles. The number of likely N-dealkylation sites (N-methyl/N-ethyl adjacent to an activating group) is 1. The summed E-state index contributed by atoms with van der Waals surface area (Å²) in [6.45, 7) is 6.74. The SMILES string of the molecule is CC1CCC(Cn2c(N3CCN(C)C(=O)C3)nc3nc(/C(N)=N/C(=O)O)nc(N[C@H](C)C4CCC4)c32)CC1. The molecule has 12 heteroatoms. The van der Waals surface area contributed by atoms with E-state index >= 15 is 0 Å². The quantitative estimate of drug-likeness (QED) is 0.365. The van der Waals surface area contributed by atoms with Gasteiger partial charge in [0.15, 0.2) is 23.1 Å². The van der Waals surface area contributed by atoms with Gasteiger partial charge in [0.2, 0.25) is 11.9 Å². The number of piperazine rings is 1. The number of rotatable bonds is 7. The van der Waals surface area contributed by atoms with Crippen LogP contribution in [0.25, 0.3) is 11.2 Å². The number of carboxylic acid groups (broad SMARTS) is 1. The summed E-state index contributed by atoms with van der Waals surface area (Å²) in [5.41, 5.74) is 7.18. The minimum Gasteiger partial charge on any atom is -0.463 e. The van der Waals surface area contributed by atoms with Gasteiger partial charge in [-0.2, -0.15) is 9.98 Å². The van der Waals surface area contributed by atoms with E-state index in [1.807, 2.05) is 11.9 Å². The van der Waals surface area contributed by atoms with Gasteiger partial charge in [-0.15, -0.1) is 0 Å². The minimum atomic E-state index is -1.41. The molecule has 12 nitrogen and oxygen atoms in total. The third-order valence-corrected chi connectivity index (χ3v) is 8.57. The molecule has 3 fully saturated rings. The Morgan fingerprint density at radius 2 is 1.89 bits per heavy atom. The van der Waals surface area contributed by atoms with Gasteiger partial charge in [0.1, 0.15) is 5.52 Å². The Bertz CT molecular complexity index is 1230. The molecule has 206 valence electrons. The summed E-state index contributed by atoms with van der Waals surface area (Å²) < 4.78 is 2.18. The van der Waals surface area contributed by atoms with E-state index in [2.05, 4.69) is 33.7 Å². The fourth-order valence-electron chi connectivity index (χ4n) is 5.78. The molecule has 2 aliphatic carbocycles. The van der Waals surface area contributed by atoms with Crippen LogP contribution in [0.2, 0.25) is 0 Å². The van der Waals surface area contributed by atoms with Crippen molar-refractivity contribution in [3.63, 3.8) is 0 Å². The number of anilines is 2. The van der Waals surface area contributed by atoms with Crippen molar-refractivity contribution in [2.45, 2.75) is 71.4 Å². The number of carbonyl (C=O) groups is 2. The Hall–Kier alpha value is -3.44. The molecule has 2 amide bonds. The predicted molar refractivity (Wildman–Crippen MR) is 145 cm³/mol. The highest BCUT2D eigenvalue weighted by molar-refractivity contribution is 6.01. The Kier molecular flexibility index (Phi) is 7.40. The van der Waals surface area contributed by atoms with Crippen molar-refractivity contribution in [3.05, 3.63) is 5.82 Å². The van der Waals surface area contributed by atoms with Crippen molar-refractivity contribution in [2.24, 2.45) is 28.5 Å². The lowest BCUT2D eigenvalue weighted by molar-refractivity contribution is -0.129. The molecule has 1 aliphatic heterocycles. The van der Waals surface area contributed by atoms with Gasteiger partial charge in [0.25, 0.3) is 0 Å². The smallest absolute Gasteiger partial charge is 0.433 e. The van der Waals surface area contributed by atoms with Crippen molar-refractivity contribution in [2.75, 3.05) is 36.9 Å². The normalized spacial score (nSPS) is 24.0. The summed E-state index contributed by atoms with van der Waals surface area (Å²) in [4.78, 5) is 45.2. The third kappa shape index (κ3) is 5.39. The zero-order valence-corrected chi connectivity index (χ0v) is 22.6. The van der Waals surface area contributed by atoms with E-state index in [0.717, 1.165) is 43.7 Å². The third-order valence-electron chi connectivity index (χ3n) is 8.57. The number of nitrogens with two attached hydrogens (primary N) is 1. The average Bonchev–Trinajstić information content (AvgIpc) is 3.19. The molecule has 2 aromatic heterocycles. The highest BCUT2D eigenvalue weighted by Gasteiger charge is 2.31.